The van der Waals surface area contributed by atoms with Crippen LogP contribution < -0.4 is 9.47 Å². The van der Waals surface area contributed by atoms with Gasteiger partial charge in [-0.2, -0.15) is 0 Å². The summed E-state index contributed by atoms with van der Waals surface area (Å²) >= 11 is 12.5. The Kier molecular flexibility index (Phi) is 12.4. The molecule has 45 heavy (non-hydrogen) atoms. The molecule has 1 atom stereocenters. The first-order chi connectivity index (χ1) is 21.0. The van der Waals surface area contributed by atoms with Gasteiger partial charge in [-0.15, -0.1) is 0 Å². The van der Waals surface area contributed by atoms with E-state index in [1.807, 2.05) is 31.2 Å². The number of unbranched alkanes of at least 4 members (excludes halogenated alkanes) is 2. The van der Waals surface area contributed by atoms with Gasteiger partial charge in [-0.05, 0) is 78.1 Å². The molecule has 3 rings (SSSR count). The summed E-state index contributed by atoms with van der Waals surface area (Å²) in [5, 5.41) is 24.5. The van der Waals surface area contributed by atoms with Gasteiger partial charge in [-0.3, -0.25) is 4.99 Å². The van der Waals surface area contributed by atoms with Crippen LogP contribution in [0.15, 0.2) is 53.5 Å². The van der Waals surface area contributed by atoms with E-state index in [2.05, 4.69) is 67.5 Å². The fraction of sp³-hybridized carbons (Fsp3) is 0.500. The lowest BCUT2D eigenvalue weighted by atomic mass is 9.75. The van der Waals surface area contributed by atoms with E-state index >= 15 is 0 Å². The molecular weight excluding hydrogens is 605 g/mol. The third-order valence-corrected chi connectivity index (χ3v) is 8.63. The molecule has 3 aromatic rings. The predicted octanol–water partition coefficient (Wildman–Crippen LogP) is 10.4. The number of phenols is 1. The number of benzene rings is 3. The summed E-state index contributed by atoms with van der Waals surface area (Å²) in [6.07, 6.45) is 5.24. The molecule has 246 valence electrons. The molecule has 0 aliphatic rings. The highest BCUT2D eigenvalue weighted by atomic mass is 35.5. The summed E-state index contributed by atoms with van der Waals surface area (Å²) in [5.41, 5.74) is 1.59. The molecular formula is C38H51Cl2NO4. The van der Waals surface area contributed by atoms with Crippen LogP contribution in [0.4, 0.5) is 0 Å². The first-order valence-corrected chi connectivity index (χ1v) is 16.8. The molecule has 0 aliphatic heterocycles. The molecule has 0 spiro atoms. The SMILES string of the molecule is CCCCOc1ccc(C(C)(C)C)cc1C(O)(c1cc(C(C)(C)C)ccc1OCCCC)C(C)N=Cc1cc(Cl)cc(Cl)c1O. The van der Waals surface area contributed by atoms with E-state index in [0.29, 0.717) is 46.4 Å². The third kappa shape index (κ3) is 8.96. The largest absolute Gasteiger partial charge is 0.506 e. The highest BCUT2D eigenvalue weighted by Gasteiger charge is 2.43. The van der Waals surface area contributed by atoms with Gasteiger partial charge in [-0.1, -0.05) is 104 Å². The van der Waals surface area contributed by atoms with Crippen molar-refractivity contribution >= 4 is 29.4 Å². The Morgan fingerprint density at radius 2 is 1.24 bits per heavy atom. The molecule has 2 N–H and O–H groups in total. The smallest absolute Gasteiger partial charge is 0.144 e. The molecule has 0 saturated carbocycles. The Balaban J connectivity index is 2.40. The highest BCUT2D eigenvalue weighted by molar-refractivity contribution is 6.36. The van der Waals surface area contributed by atoms with Crippen LogP contribution in [0.2, 0.25) is 10.0 Å². The van der Waals surface area contributed by atoms with Crippen LogP contribution in [-0.4, -0.2) is 35.7 Å². The molecule has 3 aromatic carbocycles. The van der Waals surface area contributed by atoms with Gasteiger partial charge in [0, 0.05) is 27.9 Å². The Bertz CT molecular complexity index is 1400. The Morgan fingerprint density at radius 3 is 1.67 bits per heavy atom. The molecule has 0 aromatic heterocycles. The van der Waals surface area contributed by atoms with E-state index in [4.69, 9.17) is 37.7 Å². The van der Waals surface area contributed by atoms with Crippen molar-refractivity contribution in [2.24, 2.45) is 4.99 Å². The van der Waals surface area contributed by atoms with E-state index in [1.54, 1.807) is 6.07 Å². The molecule has 7 heteroatoms. The summed E-state index contributed by atoms with van der Waals surface area (Å²) in [7, 11) is 0. The standard InChI is InChI=1S/C38H51Cl2NO4/c1-10-12-18-44-33-16-14-27(36(4,5)6)21-30(33)38(43,25(3)41-24-26-20-29(39)23-32(40)35(26)42)31-22-28(37(7,8)9)15-17-34(31)45-19-13-11-2/h14-17,20-25,42-43H,10-13,18-19H2,1-9H3. The van der Waals surface area contributed by atoms with Crippen molar-refractivity contribution in [2.45, 2.75) is 110 Å². The number of hydrogen-bond donors (Lipinski definition) is 2. The number of halogens is 2. The monoisotopic (exact) mass is 655 g/mol. The maximum atomic E-state index is 13.3. The summed E-state index contributed by atoms with van der Waals surface area (Å²) < 4.78 is 12.8. The summed E-state index contributed by atoms with van der Waals surface area (Å²) in [6, 6.07) is 14.4. The molecule has 0 radical (unpaired) electrons. The molecule has 0 amide bonds. The fourth-order valence-corrected chi connectivity index (χ4v) is 5.58. The first-order valence-electron chi connectivity index (χ1n) is 16.0. The van der Waals surface area contributed by atoms with Crippen molar-refractivity contribution in [3.8, 4) is 17.2 Å². The van der Waals surface area contributed by atoms with Crippen LogP contribution in [0.1, 0.15) is 116 Å². The van der Waals surface area contributed by atoms with Gasteiger partial charge in [0.15, 0.2) is 0 Å². The second-order valence-corrected chi connectivity index (χ2v) is 14.7. The second-order valence-electron chi connectivity index (χ2n) is 13.9. The summed E-state index contributed by atoms with van der Waals surface area (Å²) in [6.45, 7) is 20.0. The maximum absolute atomic E-state index is 13.3. The third-order valence-electron chi connectivity index (χ3n) is 8.12. The van der Waals surface area contributed by atoms with E-state index in [-0.39, 0.29) is 21.6 Å². The van der Waals surface area contributed by atoms with Gasteiger partial charge in [0.1, 0.15) is 22.8 Å². The zero-order valence-corrected chi connectivity index (χ0v) is 29.9. The van der Waals surface area contributed by atoms with Crippen LogP contribution >= 0.6 is 23.2 Å². The molecule has 0 heterocycles. The molecule has 1 unspecified atom stereocenters. The lowest BCUT2D eigenvalue weighted by Gasteiger charge is -2.37. The Labute approximate surface area is 280 Å². The minimum absolute atomic E-state index is 0.126. The number of phenolic OH excluding ortho intramolecular Hbond substituents is 1. The van der Waals surface area contributed by atoms with Crippen LogP contribution in [0.25, 0.3) is 0 Å². The van der Waals surface area contributed by atoms with Crippen molar-refractivity contribution < 1.29 is 19.7 Å². The number of aromatic hydroxyl groups is 1. The molecule has 0 saturated heterocycles. The van der Waals surface area contributed by atoms with E-state index < -0.39 is 11.6 Å². The summed E-state index contributed by atoms with van der Waals surface area (Å²) in [4.78, 5) is 4.86. The Hall–Kier alpha value is -2.73. The zero-order valence-electron chi connectivity index (χ0n) is 28.4. The number of aliphatic imine (C=N–C) groups is 1. The quantitative estimate of drug-likeness (QED) is 0.142. The van der Waals surface area contributed by atoms with Crippen molar-refractivity contribution in [1.82, 2.24) is 0 Å². The average Bonchev–Trinajstić information content (AvgIpc) is 2.97. The van der Waals surface area contributed by atoms with Crippen molar-refractivity contribution in [3.05, 3.63) is 86.4 Å². The van der Waals surface area contributed by atoms with Gasteiger partial charge in [0.05, 0.1) is 24.3 Å². The minimum Gasteiger partial charge on any atom is -0.506 e. The van der Waals surface area contributed by atoms with Crippen LogP contribution in [-0.2, 0) is 16.4 Å². The Morgan fingerprint density at radius 1 is 0.778 bits per heavy atom. The van der Waals surface area contributed by atoms with E-state index in [0.717, 1.165) is 36.8 Å². The topological polar surface area (TPSA) is 71.3 Å². The van der Waals surface area contributed by atoms with E-state index in [1.165, 1.54) is 12.3 Å². The molecule has 0 aliphatic carbocycles. The van der Waals surface area contributed by atoms with Gasteiger partial charge in [-0.25, -0.2) is 0 Å². The van der Waals surface area contributed by atoms with E-state index in [9.17, 15) is 10.2 Å². The van der Waals surface area contributed by atoms with Gasteiger partial charge in [0.25, 0.3) is 0 Å². The number of nitrogens with zero attached hydrogens (tertiary/aromatic N) is 1. The zero-order chi connectivity index (χ0) is 33.6. The minimum atomic E-state index is -1.69. The number of ether oxygens (including phenoxy) is 2. The van der Waals surface area contributed by atoms with Gasteiger partial charge < -0.3 is 19.7 Å². The van der Waals surface area contributed by atoms with Crippen molar-refractivity contribution in [2.75, 3.05) is 13.2 Å². The predicted molar refractivity (Wildman–Crippen MR) is 189 cm³/mol. The molecule has 0 bridgehead atoms. The maximum Gasteiger partial charge on any atom is 0.144 e. The molecule has 0 fully saturated rings. The number of hydrogen-bond acceptors (Lipinski definition) is 5. The average molecular weight is 657 g/mol. The van der Waals surface area contributed by atoms with Crippen molar-refractivity contribution in [3.63, 3.8) is 0 Å². The molecule has 5 nitrogen and oxygen atoms in total. The van der Waals surface area contributed by atoms with Gasteiger partial charge in [0.2, 0.25) is 0 Å². The van der Waals surface area contributed by atoms with Crippen LogP contribution in [0.3, 0.4) is 0 Å². The van der Waals surface area contributed by atoms with Gasteiger partial charge >= 0.3 is 0 Å². The summed E-state index contributed by atoms with van der Waals surface area (Å²) in [5.74, 6) is 1.06. The van der Waals surface area contributed by atoms with Crippen molar-refractivity contribution in [1.29, 1.82) is 0 Å². The van der Waals surface area contributed by atoms with Crippen LogP contribution in [0.5, 0.6) is 17.2 Å². The first kappa shape index (κ1) is 36.7. The second kappa shape index (κ2) is 15.2. The van der Waals surface area contributed by atoms with Crippen LogP contribution in [0, 0.1) is 0 Å². The fourth-order valence-electron chi connectivity index (χ4n) is 5.07. The number of rotatable bonds is 13. The lowest BCUT2D eigenvalue weighted by Crippen LogP contribution is -2.39. The number of aliphatic hydroxyl groups is 1. The normalized spacial score (nSPS) is 13.3. The lowest BCUT2D eigenvalue weighted by molar-refractivity contribution is 0.0519. The highest BCUT2D eigenvalue weighted by Crippen LogP contribution is 2.46.